The maximum atomic E-state index is 11.2. The lowest BCUT2D eigenvalue weighted by atomic mass is 10.1. The molecular weight excluding hydrogens is 212 g/mol. The zero-order valence-electron chi connectivity index (χ0n) is 10.2. The molecule has 1 aromatic rings. The third-order valence-electron chi connectivity index (χ3n) is 2.99. The molecule has 1 aromatic carbocycles. The zero-order chi connectivity index (χ0) is 12.3. The minimum atomic E-state index is -0.274. The second-order valence-corrected chi connectivity index (χ2v) is 4.07. The Morgan fingerprint density at radius 3 is 2.88 bits per heavy atom. The van der Waals surface area contributed by atoms with Crippen molar-refractivity contribution in [3.63, 3.8) is 0 Å². The molecule has 88 valence electrons. The van der Waals surface area contributed by atoms with E-state index in [9.17, 15) is 4.79 Å². The molecular formula is C15H16O2. The quantitative estimate of drug-likeness (QED) is 0.587. The van der Waals surface area contributed by atoms with E-state index in [1.54, 1.807) is 0 Å². The van der Waals surface area contributed by atoms with Crippen LogP contribution in [-0.2, 0) is 16.0 Å². The Kier molecular flexibility index (Phi) is 3.43. The van der Waals surface area contributed by atoms with Crippen molar-refractivity contribution >= 4 is 11.5 Å². The summed E-state index contributed by atoms with van der Waals surface area (Å²) in [7, 11) is 0. The molecule has 0 amide bonds. The Hall–Kier alpha value is -1.83. The minimum absolute atomic E-state index is 0.274. The summed E-state index contributed by atoms with van der Waals surface area (Å²) in [5.41, 5.74) is 5.06. The number of benzene rings is 1. The van der Waals surface area contributed by atoms with Crippen LogP contribution in [-0.4, -0.2) is 12.6 Å². The van der Waals surface area contributed by atoms with Crippen molar-refractivity contribution < 1.29 is 9.53 Å². The van der Waals surface area contributed by atoms with Crippen LogP contribution in [0.3, 0.4) is 0 Å². The number of ether oxygens (including phenoxy) is 1. The molecule has 2 nitrogen and oxygen atoms in total. The lowest BCUT2D eigenvalue weighted by Gasteiger charge is -1.98. The van der Waals surface area contributed by atoms with Gasteiger partial charge in [0.15, 0.2) is 0 Å². The number of hydrogen-bond donors (Lipinski definition) is 0. The summed E-state index contributed by atoms with van der Waals surface area (Å²) in [6.07, 6.45) is 4.28. The van der Waals surface area contributed by atoms with Crippen LogP contribution in [0.15, 0.2) is 42.0 Å². The molecule has 17 heavy (non-hydrogen) atoms. The molecule has 1 aliphatic rings. The van der Waals surface area contributed by atoms with Crippen molar-refractivity contribution in [2.75, 3.05) is 6.61 Å². The summed E-state index contributed by atoms with van der Waals surface area (Å²) in [5.74, 6) is -0.274. The van der Waals surface area contributed by atoms with E-state index >= 15 is 0 Å². The number of fused-ring (bicyclic) bond motifs is 1. The maximum Gasteiger partial charge on any atom is 0.330 e. The van der Waals surface area contributed by atoms with E-state index in [0.717, 1.165) is 6.42 Å². The van der Waals surface area contributed by atoms with Crippen molar-refractivity contribution in [1.82, 2.24) is 0 Å². The number of hydrogen-bond acceptors (Lipinski definition) is 2. The Morgan fingerprint density at radius 1 is 1.41 bits per heavy atom. The molecule has 2 heteroatoms. The van der Waals surface area contributed by atoms with Crippen LogP contribution in [0.2, 0.25) is 0 Å². The minimum Gasteiger partial charge on any atom is -0.463 e. The number of carbonyl (C=O) groups excluding carboxylic acids is 1. The van der Waals surface area contributed by atoms with Gasteiger partial charge in [0, 0.05) is 6.08 Å². The average Bonchev–Trinajstić information content (AvgIpc) is 2.65. The molecule has 0 aliphatic heterocycles. The SMILES string of the molecule is CCOC(=O)/C=C/C1=C(C)c2ccccc2C1. The summed E-state index contributed by atoms with van der Waals surface area (Å²) in [6, 6.07) is 8.34. The fourth-order valence-corrected chi connectivity index (χ4v) is 2.09. The first-order valence-corrected chi connectivity index (χ1v) is 5.85. The second kappa shape index (κ2) is 5.00. The van der Waals surface area contributed by atoms with Gasteiger partial charge in [0.1, 0.15) is 0 Å². The first kappa shape index (κ1) is 11.6. The number of allylic oxidation sites excluding steroid dienone is 3. The third-order valence-corrected chi connectivity index (χ3v) is 2.99. The number of esters is 1. The third kappa shape index (κ3) is 2.47. The van der Waals surface area contributed by atoms with E-state index in [0.29, 0.717) is 6.61 Å². The summed E-state index contributed by atoms with van der Waals surface area (Å²) in [5, 5.41) is 0. The summed E-state index contributed by atoms with van der Waals surface area (Å²) in [4.78, 5) is 11.2. The molecule has 2 rings (SSSR count). The fourth-order valence-electron chi connectivity index (χ4n) is 2.09. The van der Waals surface area contributed by atoms with E-state index in [-0.39, 0.29) is 5.97 Å². The van der Waals surface area contributed by atoms with Crippen LogP contribution in [0.1, 0.15) is 25.0 Å². The van der Waals surface area contributed by atoms with Crippen LogP contribution in [0.25, 0.3) is 5.57 Å². The Bertz CT molecular complexity index is 495. The molecule has 0 N–H and O–H groups in total. The van der Waals surface area contributed by atoms with Crippen molar-refractivity contribution in [1.29, 1.82) is 0 Å². The van der Waals surface area contributed by atoms with Gasteiger partial charge in [-0.2, -0.15) is 0 Å². The van der Waals surface area contributed by atoms with Gasteiger partial charge >= 0.3 is 5.97 Å². The monoisotopic (exact) mass is 228 g/mol. The highest BCUT2D eigenvalue weighted by molar-refractivity contribution is 5.84. The average molecular weight is 228 g/mol. The van der Waals surface area contributed by atoms with Crippen LogP contribution in [0.5, 0.6) is 0 Å². The molecule has 0 radical (unpaired) electrons. The van der Waals surface area contributed by atoms with E-state index in [1.807, 2.05) is 25.1 Å². The molecule has 0 bridgehead atoms. The lowest BCUT2D eigenvalue weighted by Crippen LogP contribution is -1.99. The summed E-state index contributed by atoms with van der Waals surface area (Å²) in [6.45, 7) is 4.32. The van der Waals surface area contributed by atoms with Gasteiger partial charge in [0.05, 0.1) is 6.61 Å². The molecule has 1 aliphatic carbocycles. The predicted molar refractivity (Wildman–Crippen MR) is 68.5 cm³/mol. The number of rotatable bonds is 3. The van der Waals surface area contributed by atoms with Crippen molar-refractivity contribution in [3.8, 4) is 0 Å². The van der Waals surface area contributed by atoms with Crippen molar-refractivity contribution in [2.45, 2.75) is 20.3 Å². The van der Waals surface area contributed by atoms with Crippen molar-refractivity contribution in [2.24, 2.45) is 0 Å². The molecule has 0 spiro atoms. The second-order valence-electron chi connectivity index (χ2n) is 4.07. The van der Waals surface area contributed by atoms with E-state index in [2.05, 4.69) is 19.1 Å². The van der Waals surface area contributed by atoms with Crippen LogP contribution in [0.4, 0.5) is 0 Å². The predicted octanol–water partition coefficient (Wildman–Crippen LogP) is 3.14. The van der Waals surface area contributed by atoms with Gasteiger partial charge < -0.3 is 4.74 Å². The topological polar surface area (TPSA) is 26.3 Å². The lowest BCUT2D eigenvalue weighted by molar-refractivity contribution is -0.137. The molecule has 0 heterocycles. The highest BCUT2D eigenvalue weighted by Crippen LogP contribution is 2.32. The highest BCUT2D eigenvalue weighted by Gasteiger charge is 2.15. The molecule has 0 aromatic heterocycles. The smallest absolute Gasteiger partial charge is 0.330 e. The van der Waals surface area contributed by atoms with Gasteiger partial charge in [-0.1, -0.05) is 30.3 Å². The van der Waals surface area contributed by atoms with Gasteiger partial charge in [-0.15, -0.1) is 0 Å². The zero-order valence-corrected chi connectivity index (χ0v) is 10.2. The van der Waals surface area contributed by atoms with Crippen LogP contribution < -0.4 is 0 Å². The maximum absolute atomic E-state index is 11.2. The highest BCUT2D eigenvalue weighted by atomic mass is 16.5. The molecule has 0 saturated carbocycles. The molecule has 0 fully saturated rings. The van der Waals surface area contributed by atoms with Gasteiger partial charge in [-0.25, -0.2) is 4.79 Å². The molecule has 0 unspecified atom stereocenters. The van der Waals surface area contributed by atoms with Crippen molar-refractivity contribution in [3.05, 3.63) is 53.1 Å². The first-order chi connectivity index (χ1) is 8.22. The molecule has 0 saturated heterocycles. The van der Waals surface area contributed by atoms with E-state index in [1.165, 1.54) is 28.3 Å². The standard InChI is InChI=1S/C15H16O2/c1-3-17-15(16)9-8-12-10-13-6-4-5-7-14(13)11(12)2/h4-9H,3,10H2,1-2H3/b9-8+. The van der Waals surface area contributed by atoms with Crippen LogP contribution in [0, 0.1) is 0 Å². The summed E-state index contributed by atoms with van der Waals surface area (Å²) < 4.78 is 4.87. The Morgan fingerprint density at radius 2 is 2.18 bits per heavy atom. The van der Waals surface area contributed by atoms with Gasteiger partial charge in [-0.3, -0.25) is 0 Å². The van der Waals surface area contributed by atoms with E-state index < -0.39 is 0 Å². The largest absolute Gasteiger partial charge is 0.463 e. The Labute approximate surface area is 102 Å². The molecule has 0 atom stereocenters. The number of carbonyl (C=O) groups is 1. The van der Waals surface area contributed by atoms with E-state index in [4.69, 9.17) is 4.74 Å². The van der Waals surface area contributed by atoms with Gasteiger partial charge in [0.25, 0.3) is 0 Å². The van der Waals surface area contributed by atoms with Gasteiger partial charge in [0.2, 0.25) is 0 Å². The van der Waals surface area contributed by atoms with Gasteiger partial charge in [-0.05, 0) is 42.5 Å². The normalized spacial score (nSPS) is 14.2. The Balaban J connectivity index is 2.16. The van der Waals surface area contributed by atoms with Crippen LogP contribution >= 0.6 is 0 Å². The fraction of sp³-hybridized carbons (Fsp3) is 0.267. The summed E-state index contributed by atoms with van der Waals surface area (Å²) >= 11 is 0. The first-order valence-electron chi connectivity index (χ1n) is 5.85.